The minimum absolute atomic E-state index is 0.00149. The van der Waals surface area contributed by atoms with Crippen LogP contribution in [0, 0.1) is 46.3 Å². The van der Waals surface area contributed by atoms with Crippen molar-refractivity contribution in [2.45, 2.75) is 123 Å². The van der Waals surface area contributed by atoms with E-state index in [1.807, 2.05) is 13.8 Å². The number of ketones is 3. The molecule has 5 aliphatic rings. The fraction of sp³-hybridized carbons (Fsp3) is 0.829. The standard InChI is InChI=1S/C35H50O9/c1-5-35(13-6-7-14-35)44-31(41)20-43-30(40)19-42-29(39)11-8-21(2)24-9-10-25-32-26(18-28(38)34(24,25)4)33(3)15-12-23(36)16-22(33)17-27(32)37/h21-22,24-26,32H,5-20H2,1-4H3. The summed E-state index contributed by atoms with van der Waals surface area (Å²) in [7, 11) is 0. The zero-order chi connectivity index (χ0) is 31.9. The molecule has 0 bridgehead atoms. The first-order valence-electron chi connectivity index (χ1n) is 16.9. The number of hydrogen-bond acceptors (Lipinski definition) is 9. The number of hydrogen-bond donors (Lipinski definition) is 0. The third kappa shape index (κ3) is 6.01. The van der Waals surface area contributed by atoms with Crippen LogP contribution in [0.2, 0.25) is 0 Å². The lowest BCUT2D eigenvalue weighted by atomic mass is 9.44. The molecule has 0 amide bonds. The molecule has 0 N–H and O–H groups in total. The van der Waals surface area contributed by atoms with Gasteiger partial charge in [0.2, 0.25) is 0 Å². The number of fused-ring (bicyclic) bond motifs is 5. The van der Waals surface area contributed by atoms with Gasteiger partial charge in [0.05, 0.1) is 0 Å². The monoisotopic (exact) mass is 614 g/mol. The zero-order valence-corrected chi connectivity index (χ0v) is 27.0. The van der Waals surface area contributed by atoms with Crippen LogP contribution in [0.15, 0.2) is 0 Å². The summed E-state index contributed by atoms with van der Waals surface area (Å²) in [5.41, 5.74) is -1.22. The molecule has 5 rings (SSSR count). The smallest absolute Gasteiger partial charge is 0.344 e. The van der Waals surface area contributed by atoms with Crippen molar-refractivity contribution in [1.29, 1.82) is 0 Å². The van der Waals surface area contributed by atoms with Gasteiger partial charge in [-0.3, -0.25) is 19.2 Å². The Balaban J connectivity index is 1.10. The molecular formula is C35H50O9. The van der Waals surface area contributed by atoms with E-state index in [9.17, 15) is 28.8 Å². The van der Waals surface area contributed by atoms with Crippen molar-refractivity contribution in [1.82, 2.24) is 0 Å². The number of esters is 3. The highest BCUT2D eigenvalue weighted by molar-refractivity contribution is 5.93. The second-order valence-corrected chi connectivity index (χ2v) is 15.0. The molecule has 0 spiro atoms. The summed E-state index contributed by atoms with van der Waals surface area (Å²) in [5, 5.41) is 0. The SMILES string of the molecule is CCC1(OC(=O)COC(=O)COC(=O)CCC(C)C2CCC3C4C(=O)CC5CC(=O)CCC5(C)C4CC(=O)C23C)CCCC1. The Kier molecular flexibility index (Phi) is 9.44. The van der Waals surface area contributed by atoms with Gasteiger partial charge in [-0.25, -0.2) is 9.59 Å². The first-order valence-corrected chi connectivity index (χ1v) is 16.9. The molecule has 8 atom stereocenters. The predicted octanol–water partition coefficient (Wildman–Crippen LogP) is 5.34. The van der Waals surface area contributed by atoms with E-state index in [-0.39, 0.29) is 64.7 Å². The van der Waals surface area contributed by atoms with Crippen LogP contribution in [0.5, 0.6) is 0 Å². The lowest BCUT2D eigenvalue weighted by Crippen LogP contribution is -2.60. The first kappa shape index (κ1) is 32.8. The van der Waals surface area contributed by atoms with Crippen molar-refractivity contribution < 1.29 is 43.0 Å². The fourth-order valence-electron chi connectivity index (χ4n) is 10.1. The molecule has 5 saturated carbocycles. The molecule has 5 fully saturated rings. The average molecular weight is 615 g/mol. The van der Waals surface area contributed by atoms with Gasteiger partial charge in [-0.05, 0) is 92.8 Å². The van der Waals surface area contributed by atoms with Crippen LogP contribution in [0.3, 0.4) is 0 Å². The van der Waals surface area contributed by atoms with Crippen molar-refractivity contribution in [2.24, 2.45) is 46.3 Å². The minimum atomic E-state index is -0.802. The van der Waals surface area contributed by atoms with Gasteiger partial charge in [-0.15, -0.1) is 0 Å². The topological polar surface area (TPSA) is 130 Å². The third-order valence-electron chi connectivity index (χ3n) is 12.9. The molecule has 44 heavy (non-hydrogen) atoms. The van der Waals surface area contributed by atoms with E-state index in [0.29, 0.717) is 32.1 Å². The zero-order valence-electron chi connectivity index (χ0n) is 27.0. The molecule has 8 unspecified atom stereocenters. The van der Waals surface area contributed by atoms with E-state index in [1.54, 1.807) is 0 Å². The molecule has 0 aromatic rings. The molecule has 244 valence electrons. The fourth-order valence-corrected chi connectivity index (χ4v) is 10.1. The van der Waals surface area contributed by atoms with Crippen LogP contribution >= 0.6 is 0 Å². The van der Waals surface area contributed by atoms with Crippen LogP contribution < -0.4 is 0 Å². The highest BCUT2D eigenvalue weighted by atomic mass is 16.6. The molecule has 9 heteroatoms. The molecule has 0 radical (unpaired) electrons. The minimum Gasteiger partial charge on any atom is -0.457 e. The maximum absolute atomic E-state index is 14.0. The number of carbonyl (C=O) groups is 6. The lowest BCUT2D eigenvalue weighted by Gasteiger charge is -2.58. The van der Waals surface area contributed by atoms with Crippen molar-refractivity contribution in [3.63, 3.8) is 0 Å². The number of carbonyl (C=O) groups excluding carboxylic acids is 6. The van der Waals surface area contributed by atoms with E-state index >= 15 is 0 Å². The number of Topliss-reactive ketones (excluding diaryl/α,β-unsaturated/α-hetero) is 3. The van der Waals surface area contributed by atoms with Gasteiger partial charge in [0.15, 0.2) is 13.2 Å². The van der Waals surface area contributed by atoms with Crippen molar-refractivity contribution in [2.75, 3.05) is 13.2 Å². The van der Waals surface area contributed by atoms with E-state index in [2.05, 4.69) is 13.8 Å². The number of rotatable bonds is 10. The summed E-state index contributed by atoms with van der Waals surface area (Å²) >= 11 is 0. The van der Waals surface area contributed by atoms with Crippen molar-refractivity contribution in [3.8, 4) is 0 Å². The normalized spacial score (nSPS) is 36.5. The summed E-state index contributed by atoms with van der Waals surface area (Å²) in [6, 6.07) is 0. The molecule has 5 aliphatic carbocycles. The molecule has 0 aromatic heterocycles. The van der Waals surface area contributed by atoms with E-state index in [0.717, 1.165) is 51.4 Å². The largest absolute Gasteiger partial charge is 0.457 e. The van der Waals surface area contributed by atoms with E-state index in [4.69, 9.17) is 14.2 Å². The van der Waals surface area contributed by atoms with Crippen molar-refractivity contribution in [3.05, 3.63) is 0 Å². The summed E-state index contributed by atoms with van der Waals surface area (Å²) in [5.74, 6) is -1.20. The highest BCUT2D eigenvalue weighted by Crippen LogP contribution is 2.66. The van der Waals surface area contributed by atoms with Crippen LogP contribution in [0.4, 0.5) is 0 Å². The van der Waals surface area contributed by atoms with Crippen LogP contribution in [-0.4, -0.2) is 54.1 Å². The lowest BCUT2D eigenvalue weighted by molar-refractivity contribution is -0.172. The highest BCUT2D eigenvalue weighted by Gasteiger charge is 2.66. The predicted molar refractivity (Wildman–Crippen MR) is 159 cm³/mol. The van der Waals surface area contributed by atoms with Crippen LogP contribution in [-0.2, 0) is 43.0 Å². The molecule has 0 aromatic carbocycles. The summed E-state index contributed by atoms with van der Waals surface area (Å²) in [6.45, 7) is 7.22. The van der Waals surface area contributed by atoms with Crippen molar-refractivity contribution >= 4 is 35.3 Å². The Labute approximate surface area is 260 Å². The second kappa shape index (κ2) is 12.7. The van der Waals surface area contributed by atoms with Gasteiger partial charge >= 0.3 is 17.9 Å². The quantitative estimate of drug-likeness (QED) is 0.236. The Morgan fingerprint density at radius 3 is 2.25 bits per heavy atom. The van der Waals surface area contributed by atoms with Gasteiger partial charge < -0.3 is 14.2 Å². The van der Waals surface area contributed by atoms with E-state index < -0.39 is 42.1 Å². The average Bonchev–Trinajstić information content (AvgIpc) is 3.60. The van der Waals surface area contributed by atoms with Gasteiger partial charge in [0.25, 0.3) is 0 Å². The number of ether oxygens (including phenoxy) is 3. The van der Waals surface area contributed by atoms with Gasteiger partial charge in [-0.2, -0.15) is 0 Å². The first-order chi connectivity index (χ1) is 20.8. The second-order valence-electron chi connectivity index (χ2n) is 15.0. The van der Waals surface area contributed by atoms with Crippen LogP contribution in [0.25, 0.3) is 0 Å². The van der Waals surface area contributed by atoms with E-state index in [1.165, 1.54) is 0 Å². The Morgan fingerprint density at radius 2 is 1.55 bits per heavy atom. The molecule has 9 nitrogen and oxygen atoms in total. The summed E-state index contributed by atoms with van der Waals surface area (Å²) in [6.07, 6.45) is 9.23. The molecule has 0 aliphatic heterocycles. The Morgan fingerprint density at radius 1 is 0.864 bits per heavy atom. The molecular weight excluding hydrogens is 564 g/mol. The molecule has 0 heterocycles. The Hall–Kier alpha value is -2.58. The Bertz CT molecular complexity index is 1180. The van der Waals surface area contributed by atoms with Gasteiger partial charge in [0, 0.05) is 43.4 Å². The summed E-state index contributed by atoms with van der Waals surface area (Å²) in [4.78, 5) is 76.5. The molecule has 0 saturated heterocycles. The third-order valence-corrected chi connectivity index (χ3v) is 12.9. The van der Waals surface area contributed by atoms with Gasteiger partial charge in [-0.1, -0.05) is 27.7 Å². The van der Waals surface area contributed by atoms with Gasteiger partial charge in [0.1, 0.15) is 23.0 Å². The summed E-state index contributed by atoms with van der Waals surface area (Å²) < 4.78 is 15.7. The maximum atomic E-state index is 14.0. The maximum Gasteiger partial charge on any atom is 0.344 e. The van der Waals surface area contributed by atoms with Crippen LogP contribution in [0.1, 0.15) is 118 Å².